The number of amides is 1. The second-order valence-corrected chi connectivity index (χ2v) is 6.45. The number of para-hydroxylation sites is 1. The molecule has 0 unspecified atom stereocenters. The lowest BCUT2D eigenvalue weighted by molar-refractivity contribution is -0.115. The standard InChI is InChI=1S/C17H15ClN4O2S/c1-24-14-5-3-2-4-13(14)16-20-21-17(25-10-15(19)23)22(16)12-8-6-11(18)7-9-12/h2-9H,10H2,1H3,(H2,19,23). The van der Waals surface area contributed by atoms with Gasteiger partial charge >= 0.3 is 0 Å². The van der Waals surface area contributed by atoms with Gasteiger partial charge in [0.1, 0.15) is 5.75 Å². The van der Waals surface area contributed by atoms with Crippen molar-refractivity contribution in [3.05, 3.63) is 53.6 Å². The van der Waals surface area contributed by atoms with Gasteiger partial charge in [-0.3, -0.25) is 9.36 Å². The Morgan fingerprint density at radius 3 is 2.60 bits per heavy atom. The summed E-state index contributed by atoms with van der Waals surface area (Å²) in [7, 11) is 1.60. The second-order valence-electron chi connectivity index (χ2n) is 5.07. The van der Waals surface area contributed by atoms with Gasteiger partial charge in [-0.05, 0) is 36.4 Å². The molecule has 0 radical (unpaired) electrons. The van der Waals surface area contributed by atoms with Crippen molar-refractivity contribution in [1.82, 2.24) is 14.8 Å². The van der Waals surface area contributed by atoms with Crippen molar-refractivity contribution in [1.29, 1.82) is 0 Å². The number of primary amides is 1. The largest absolute Gasteiger partial charge is 0.496 e. The van der Waals surface area contributed by atoms with Crippen LogP contribution in [0.5, 0.6) is 5.75 Å². The zero-order chi connectivity index (χ0) is 17.8. The van der Waals surface area contributed by atoms with E-state index in [9.17, 15) is 4.79 Å². The van der Waals surface area contributed by atoms with Crippen molar-refractivity contribution in [2.45, 2.75) is 5.16 Å². The average Bonchev–Trinajstić information content (AvgIpc) is 3.04. The first-order valence-electron chi connectivity index (χ1n) is 7.36. The van der Waals surface area contributed by atoms with Gasteiger partial charge in [0.2, 0.25) is 5.91 Å². The number of benzene rings is 2. The van der Waals surface area contributed by atoms with Crippen LogP contribution in [0.1, 0.15) is 0 Å². The first kappa shape index (κ1) is 17.3. The van der Waals surface area contributed by atoms with Gasteiger partial charge in [0.15, 0.2) is 11.0 Å². The lowest BCUT2D eigenvalue weighted by Gasteiger charge is -2.12. The molecule has 1 heterocycles. The zero-order valence-electron chi connectivity index (χ0n) is 13.3. The molecule has 0 saturated carbocycles. The zero-order valence-corrected chi connectivity index (χ0v) is 14.9. The van der Waals surface area contributed by atoms with Crippen LogP contribution in [0.4, 0.5) is 0 Å². The molecule has 8 heteroatoms. The van der Waals surface area contributed by atoms with E-state index in [4.69, 9.17) is 22.1 Å². The molecule has 0 fully saturated rings. The molecule has 25 heavy (non-hydrogen) atoms. The van der Waals surface area contributed by atoms with Crippen molar-refractivity contribution in [3.8, 4) is 22.8 Å². The Morgan fingerprint density at radius 2 is 1.92 bits per heavy atom. The number of carbonyl (C=O) groups excluding carboxylic acids is 1. The van der Waals surface area contributed by atoms with Crippen molar-refractivity contribution in [3.63, 3.8) is 0 Å². The molecule has 3 rings (SSSR count). The molecule has 0 aliphatic rings. The van der Waals surface area contributed by atoms with Crippen molar-refractivity contribution in [2.75, 3.05) is 12.9 Å². The highest BCUT2D eigenvalue weighted by atomic mass is 35.5. The molecule has 0 saturated heterocycles. The van der Waals surface area contributed by atoms with E-state index in [1.54, 1.807) is 19.2 Å². The molecule has 1 aromatic heterocycles. The van der Waals surface area contributed by atoms with Crippen molar-refractivity contribution in [2.24, 2.45) is 5.73 Å². The topological polar surface area (TPSA) is 83.0 Å². The number of carbonyl (C=O) groups is 1. The summed E-state index contributed by atoms with van der Waals surface area (Å²) < 4.78 is 7.28. The predicted octanol–water partition coefficient (Wildman–Crippen LogP) is 3.17. The maximum absolute atomic E-state index is 11.1. The number of halogens is 1. The molecule has 0 aliphatic heterocycles. The van der Waals surface area contributed by atoms with Gasteiger partial charge in [0, 0.05) is 10.7 Å². The normalized spacial score (nSPS) is 10.6. The molecule has 128 valence electrons. The van der Waals surface area contributed by atoms with E-state index in [1.165, 1.54) is 11.8 Å². The van der Waals surface area contributed by atoms with E-state index in [1.807, 2.05) is 41.0 Å². The average molecular weight is 375 g/mol. The van der Waals surface area contributed by atoms with Crippen LogP contribution >= 0.6 is 23.4 Å². The van der Waals surface area contributed by atoms with Gasteiger partial charge in [0.05, 0.1) is 18.4 Å². The summed E-state index contributed by atoms with van der Waals surface area (Å²) in [6, 6.07) is 14.8. The monoisotopic (exact) mass is 374 g/mol. The molecule has 0 aliphatic carbocycles. The quantitative estimate of drug-likeness (QED) is 0.670. The summed E-state index contributed by atoms with van der Waals surface area (Å²) in [5.74, 6) is 0.968. The summed E-state index contributed by atoms with van der Waals surface area (Å²) in [5.41, 5.74) is 6.87. The molecule has 3 aromatic rings. The lowest BCUT2D eigenvalue weighted by Crippen LogP contribution is -2.13. The molecule has 6 nitrogen and oxygen atoms in total. The third-order valence-electron chi connectivity index (χ3n) is 3.41. The molecule has 2 N–H and O–H groups in total. The van der Waals surface area contributed by atoms with Crippen molar-refractivity contribution >= 4 is 29.3 Å². The summed E-state index contributed by atoms with van der Waals surface area (Å²) in [5, 5.41) is 9.70. The van der Waals surface area contributed by atoms with Crippen LogP contribution in [0, 0.1) is 0 Å². The van der Waals surface area contributed by atoms with Crippen LogP contribution in [0.15, 0.2) is 53.7 Å². The predicted molar refractivity (Wildman–Crippen MR) is 98.3 cm³/mol. The number of nitrogens with two attached hydrogens (primary N) is 1. The minimum absolute atomic E-state index is 0.109. The number of ether oxygens (including phenoxy) is 1. The van der Waals surface area contributed by atoms with Crippen LogP contribution in [0.25, 0.3) is 17.1 Å². The molecule has 0 spiro atoms. The number of rotatable bonds is 6. The molecule has 0 bridgehead atoms. The maximum atomic E-state index is 11.1. The first-order valence-corrected chi connectivity index (χ1v) is 8.72. The smallest absolute Gasteiger partial charge is 0.227 e. The Morgan fingerprint density at radius 1 is 1.20 bits per heavy atom. The minimum atomic E-state index is -0.422. The number of aromatic nitrogens is 3. The van der Waals surface area contributed by atoms with E-state index in [0.717, 1.165) is 11.3 Å². The molecular weight excluding hydrogens is 360 g/mol. The van der Waals surface area contributed by atoms with E-state index in [-0.39, 0.29) is 5.75 Å². The van der Waals surface area contributed by atoms with E-state index >= 15 is 0 Å². The number of thioether (sulfide) groups is 1. The fourth-order valence-corrected chi connectivity index (χ4v) is 3.14. The number of methoxy groups -OCH3 is 1. The Bertz CT molecular complexity index is 896. The van der Waals surface area contributed by atoms with Gasteiger partial charge < -0.3 is 10.5 Å². The van der Waals surface area contributed by atoms with Gasteiger partial charge in [0.25, 0.3) is 0 Å². The third kappa shape index (κ3) is 3.78. The summed E-state index contributed by atoms with van der Waals surface area (Å²) in [6.45, 7) is 0. The van der Waals surface area contributed by atoms with Crippen LogP contribution in [-0.2, 0) is 4.79 Å². The fraction of sp³-hybridized carbons (Fsp3) is 0.118. The van der Waals surface area contributed by atoms with E-state index in [0.29, 0.717) is 21.8 Å². The van der Waals surface area contributed by atoms with Gasteiger partial charge in [-0.2, -0.15) is 0 Å². The number of nitrogens with zero attached hydrogens (tertiary/aromatic N) is 3. The van der Waals surface area contributed by atoms with Crippen LogP contribution < -0.4 is 10.5 Å². The molecular formula is C17H15ClN4O2S. The Kier molecular flexibility index (Phi) is 5.25. The van der Waals surface area contributed by atoms with Crippen LogP contribution in [0.2, 0.25) is 5.02 Å². The fourth-order valence-electron chi connectivity index (χ4n) is 2.33. The Hall–Kier alpha value is -2.51. The van der Waals surface area contributed by atoms with Crippen LogP contribution in [0.3, 0.4) is 0 Å². The van der Waals surface area contributed by atoms with Crippen LogP contribution in [-0.4, -0.2) is 33.5 Å². The highest BCUT2D eigenvalue weighted by Crippen LogP contribution is 2.33. The Balaban J connectivity index is 2.15. The maximum Gasteiger partial charge on any atom is 0.227 e. The molecule has 1 amide bonds. The second kappa shape index (κ2) is 7.58. The first-order chi connectivity index (χ1) is 12.1. The summed E-state index contributed by atoms with van der Waals surface area (Å²) in [4.78, 5) is 11.1. The van der Waals surface area contributed by atoms with Gasteiger partial charge in [-0.25, -0.2) is 0 Å². The van der Waals surface area contributed by atoms with Crippen molar-refractivity contribution < 1.29 is 9.53 Å². The highest BCUT2D eigenvalue weighted by Gasteiger charge is 2.19. The Labute approximate surface area is 154 Å². The third-order valence-corrected chi connectivity index (χ3v) is 4.61. The van der Waals surface area contributed by atoms with E-state index in [2.05, 4.69) is 10.2 Å². The van der Waals surface area contributed by atoms with Gasteiger partial charge in [-0.1, -0.05) is 35.5 Å². The van der Waals surface area contributed by atoms with Gasteiger partial charge in [-0.15, -0.1) is 10.2 Å². The highest BCUT2D eigenvalue weighted by molar-refractivity contribution is 7.99. The SMILES string of the molecule is COc1ccccc1-c1nnc(SCC(N)=O)n1-c1ccc(Cl)cc1. The molecule has 0 atom stereocenters. The summed E-state index contributed by atoms with van der Waals surface area (Å²) in [6.07, 6.45) is 0. The molecule has 2 aromatic carbocycles. The lowest BCUT2D eigenvalue weighted by atomic mass is 10.2. The number of hydrogen-bond acceptors (Lipinski definition) is 5. The van der Waals surface area contributed by atoms with E-state index < -0.39 is 5.91 Å². The number of hydrogen-bond donors (Lipinski definition) is 1. The summed E-state index contributed by atoms with van der Waals surface area (Å²) >= 11 is 7.22. The minimum Gasteiger partial charge on any atom is -0.496 e.